The van der Waals surface area contributed by atoms with Gasteiger partial charge >= 0.3 is 0 Å². The van der Waals surface area contributed by atoms with Crippen LogP contribution < -0.4 is 4.90 Å². The molecule has 0 bridgehead atoms. The Balaban J connectivity index is 1.62. The van der Waals surface area contributed by atoms with Gasteiger partial charge in [-0.05, 0) is 6.42 Å². The molecule has 3 rings (SSSR count). The van der Waals surface area contributed by atoms with Crippen LogP contribution >= 0.6 is 0 Å². The van der Waals surface area contributed by atoms with Crippen LogP contribution in [0.25, 0.3) is 0 Å². The van der Waals surface area contributed by atoms with Crippen molar-refractivity contribution in [2.75, 3.05) is 49.6 Å². The number of rotatable bonds is 3. The van der Waals surface area contributed by atoms with Crippen molar-refractivity contribution in [1.82, 2.24) is 19.8 Å². The van der Waals surface area contributed by atoms with Gasteiger partial charge in [0, 0.05) is 46.2 Å². The molecule has 142 valence electrons. The number of hydrogen-bond acceptors (Lipinski definition) is 7. The normalized spacial score (nSPS) is 22.3. The van der Waals surface area contributed by atoms with Gasteiger partial charge < -0.3 is 14.7 Å². The van der Waals surface area contributed by atoms with Gasteiger partial charge in [-0.3, -0.25) is 9.59 Å². The average Bonchev–Trinajstić information content (AvgIpc) is 3.00. The minimum absolute atomic E-state index is 0.0122. The lowest BCUT2D eigenvalue weighted by Gasteiger charge is -2.34. The predicted molar refractivity (Wildman–Crippen MR) is 95.7 cm³/mol. The maximum atomic E-state index is 12.5. The molecule has 0 saturated carbocycles. The van der Waals surface area contributed by atoms with E-state index in [2.05, 4.69) is 9.97 Å². The molecular weight excluding hydrogens is 358 g/mol. The summed E-state index contributed by atoms with van der Waals surface area (Å²) < 4.78 is 23.2. The molecule has 1 aromatic rings. The van der Waals surface area contributed by atoms with E-state index in [-0.39, 0.29) is 35.1 Å². The van der Waals surface area contributed by atoms with Gasteiger partial charge in [0.25, 0.3) is 5.91 Å². The van der Waals surface area contributed by atoms with E-state index in [1.54, 1.807) is 21.7 Å². The molecule has 3 heterocycles. The van der Waals surface area contributed by atoms with Crippen molar-refractivity contribution < 1.29 is 18.0 Å². The van der Waals surface area contributed by atoms with Crippen molar-refractivity contribution in [1.29, 1.82) is 0 Å². The number of amides is 2. The number of aromatic nitrogens is 2. The maximum absolute atomic E-state index is 12.5. The second kappa shape index (κ2) is 7.18. The number of piperazine rings is 1. The Labute approximate surface area is 152 Å². The van der Waals surface area contributed by atoms with E-state index < -0.39 is 9.84 Å². The Morgan fingerprint density at radius 3 is 2.27 bits per heavy atom. The Hall–Kier alpha value is -2.23. The number of carbonyl (C=O) groups is 2. The molecule has 2 amide bonds. The van der Waals surface area contributed by atoms with Crippen LogP contribution in [0.2, 0.25) is 0 Å². The summed E-state index contributed by atoms with van der Waals surface area (Å²) >= 11 is 0. The van der Waals surface area contributed by atoms with E-state index in [1.165, 1.54) is 19.3 Å². The van der Waals surface area contributed by atoms with Gasteiger partial charge in [0.2, 0.25) is 5.91 Å². The van der Waals surface area contributed by atoms with Gasteiger partial charge in [0.1, 0.15) is 11.5 Å². The molecule has 2 saturated heterocycles. The quantitative estimate of drug-likeness (QED) is 0.689. The first-order chi connectivity index (χ1) is 12.3. The molecule has 10 heteroatoms. The van der Waals surface area contributed by atoms with Crippen LogP contribution in [-0.4, -0.2) is 90.8 Å². The molecule has 0 radical (unpaired) electrons. The fourth-order valence-corrected chi connectivity index (χ4v) is 5.04. The molecule has 1 atom stereocenters. The summed E-state index contributed by atoms with van der Waals surface area (Å²) in [5.74, 6) is 0.659. The molecule has 26 heavy (non-hydrogen) atoms. The first-order valence-electron chi connectivity index (χ1n) is 8.57. The highest BCUT2D eigenvalue weighted by Crippen LogP contribution is 2.21. The highest BCUT2D eigenvalue weighted by Gasteiger charge is 2.31. The van der Waals surface area contributed by atoms with Crippen molar-refractivity contribution in [3.63, 3.8) is 0 Å². The van der Waals surface area contributed by atoms with Crippen LogP contribution in [-0.2, 0) is 14.6 Å². The van der Waals surface area contributed by atoms with Crippen molar-refractivity contribution in [2.45, 2.75) is 19.4 Å². The Morgan fingerprint density at radius 2 is 1.77 bits per heavy atom. The van der Waals surface area contributed by atoms with Gasteiger partial charge in [0.05, 0.1) is 23.9 Å². The third kappa shape index (κ3) is 3.95. The molecular formula is C16H23N5O4S. The van der Waals surface area contributed by atoms with E-state index in [0.717, 1.165) is 0 Å². The minimum atomic E-state index is -2.97. The van der Waals surface area contributed by atoms with Gasteiger partial charge in [-0.1, -0.05) is 0 Å². The van der Waals surface area contributed by atoms with Crippen molar-refractivity contribution in [3.8, 4) is 0 Å². The molecule has 2 aliphatic heterocycles. The van der Waals surface area contributed by atoms with Gasteiger partial charge in [-0.2, -0.15) is 0 Å². The number of nitrogens with zero attached hydrogens (tertiary/aromatic N) is 5. The summed E-state index contributed by atoms with van der Waals surface area (Å²) in [6.07, 6.45) is 3.50. The van der Waals surface area contributed by atoms with Gasteiger partial charge in [-0.25, -0.2) is 18.4 Å². The molecule has 2 fully saturated rings. The number of carbonyl (C=O) groups excluding carboxylic acids is 2. The first kappa shape index (κ1) is 18.6. The lowest BCUT2D eigenvalue weighted by molar-refractivity contribution is -0.130. The number of anilines is 1. The molecule has 1 unspecified atom stereocenters. The van der Waals surface area contributed by atoms with Gasteiger partial charge in [0.15, 0.2) is 9.84 Å². The topological polar surface area (TPSA) is 104 Å². The van der Waals surface area contributed by atoms with Gasteiger partial charge in [-0.15, -0.1) is 0 Å². The van der Waals surface area contributed by atoms with E-state index in [0.29, 0.717) is 38.4 Å². The smallest absolute Gasteiger partial charge is 0.274 e. The molecule has 2 aliphatic rings. The second-order valence-corrected chi connectivity index (χ2v) is 8.95. The third-order valence-electron chi connectivity index (χ3n) is 4.99. The fourth-order valence-electron chi connectivity index (χ4n) is 3.27. The zero-order chi connectivity index (χ0) is 18.9. The molecule has 0 aromatic carbocycles. The Morgan fingerprint density at radius 1 is 1.12 bits per heavy atom. The van der Waals surface area contributed by atoms with Crippen LogP contribution in [0.5, 0.6) is 0 Å². The molecule has 0 spiro atoms. The summed E-state index contributed by atoms with van der Waals surface area (Å²) in [5.41, 5.74) is 0.248. The lowest BCUT2D eigenvalue weighted by Crippen LogP contribution is -2.50. The average molecular weight is 381 g/mol. The van der Waals surface area contributed by atoms with Crippen molar-refractivity contribution in [3.05, 3.63) is 18.1 Å². The van der Waals surface area contributed by atoms with Crippen molar-refractivity contribution >= 4 is 27.5 Å². The summed E-state index contributed by atoms with van der Waals surface area (Å²) in [6.45, 7) is 3.51. The van der Waals surface area contributed by atoms with Crippen LogP contribution in [0.4, 0.5) is 5.82 Å². The Bertz CT molecular complexity index is 787. The monoisotopic (exact) mass is 381 g/mol. The second-order valence-electron chi connectivity index (χ2n) is 6.73. The molecule has 9 nitrogen and oxygen atoms in total. The van der Waals surface area contributed by atoms with Crippen LogP contribution in [0, 0.1) is 0 Å². The first-order valence-corrected chi connectivity index (χ1v) is 10.4. The van der Waals surface area contributed by atoms with E-state index in [9.17, 15) is 18.0 Å². The van der Waals surface area contributed by atoms with Crippen LogP contribution in [0.1, 0.15) is 23.8 Å². The summed E-state index contributed by atoms with van der Waals surface area (Å²) in [7, 11) is -1.18. The van der Waals surface area contributed by atoms with E-state index in [1.807, 2.05) is 0 Å². The SMILES string of the molecule is CC(=O)N1CCN(C(=O)c2cnc(N(C)C3CCS(=O)(=O)C3)cn2)CC1. The fraction of sp³-hybridized carbons (Fsp3) is 0.625. The molecule has 1 aromatic heterocycles. The maximum Gasteiger partial charge on any atom is 0.274 e. The van der Waals surface area contributed by atoms with E-state index in [4.69, 9.17) is 0 Å². The summed E-state index contributed by atoms with van der Waals surface area (Å²) in [4.78, 5) is 37.6. The Kier molecular flexibility index (Phi) is 5.12. The third-order valence-corrected chi connectivity index (χ3v) is 6.74. The standard InChI is InChI=1S/C16H23N5O4S/c1-12(22)20-4-6-21(7-5-20)16(23)14-9-18-15(10-17-14)19(2)13-3-8-26(24,25)11-13/h9-10,13H,3-8,11H2,1-2H3. The number of sulfone groups is 1. The minimum Gasteiger partial charge on any atom is -0.354 e. The summed E-state index contributed by atoms with van der Waals surface area (Å²) in [5, 5.41) is 0. The predicted octanol–water partition coefficient (Wildman–Crippen LogP) is -0.596. The highest BCUT2D eigenvalue weighted by molar-refractivity contribution is 7.91. The molecule has 0 N–H and O–H groups in total. The van der Waals surface area contributed by atoms with Crippen LogP contribution in [0.3, 0.4) is 0 Å². The number of hydrogen-bond donors (Lipinski definition) is 0. The van der Waals surface area contributed by atoms with Crippen LogP contribution in [0.15, 0.2) is 12.4 Å². The zero-order valence-corrected chi connectivity index (χ0v) is 15.8. The summed E-state index contributed by atoms with van der Waals surface area (Å²) in [6, 6.07) is -0.115. The molecule has 0 aliphatic carbocycles. The largest absolute Gasteiger partial charge is 0.354 e. The van der Waals surface area contributed by atoms with Crippen molar-refractivity contribution in [2.24, 2.45) is 0 Å². The van der Waals surface area contributed by atoms with E-state index >= 15 is 0 Å². The lowest BCUT2D eigenvalue weighted by atomic mass is 10.2. The zero-order valence-electron chi connectivity index (χ0n) is 15.0. The highest BCUT2D eigenvalue weighted by atomic mass is 32.2.